The number of nitrogens with one attached hydrogen (secondary N) is 1. The van der Waals surface area contributed by atoms with Crippen LogP contribution in [0, 0.1) is 0 Å². The lowest BCUT2D eigenvalue weighted by molar-refractivity contribution is 1.33. The number of fused-ring (bicyclic) bond motifs is 3. The zero-order chi connectivity index (χ0) is 19.2. The Kier molecular flexibility index (Phi) is 3.43. The Labute approximate surface area is 166 Å². The molecule has 0 saturated carbocycles. The monoisotopic (exact) mass is 372 g/mol. The molecule has 29 heavy (non-hydrogen) atoms. The first-order valence-corrected chi connectivity index (χ1v) is 9.55. The Bertz CT molecular complexity index is 1510. The molecule has 4 heteroatoms. The quantitative estimate of drug-likeness (QED) is 0.406. The van der Waals surface area contributed by atoms with Crippen molar-refractivity contribution in [1.82, 2.24) is 19.9 Å². The molecule has 0 aliphatic carbocycles. The van der Waals surface area contributed by atoms with Crippen LogP contribution in [-0.2, 0) is 0 Å². The fourth-order valence-corrected chi connectivity index (χ4v) is 4.00. The van der Waals surface area contributed by atoms with E-state index in [0.29, 0.717) is 0 Å². The first-order chi connectivity index (χ1) is 14.4. The van der Waals surface area contributed by atoms with Gasteiger partial charge in [-0.25, -0.2) is 9.97 Å². The molecule has 6 aromatic rings. The normalized spacial score (nSPS) is 11.4. The van der Waals surface area contributed by atoms with Crippen molar-refractivity contribution in [2.24, 2.45) is 0 Å². The molecule has 3 heterocycles. The van der Waals surface area contributed by atoms with E-state index >= 15 is 0 Å². The van der Waals surface area contributed by atoms with Gasteiger partial charge in [-0.15, -0.1) is 0 Å². The van der Waals surface area contributed by atoms with Crippen LogP contribution in [0.15, 0.2) is 91.4 Å². The summed E-state index contributed by atoms with van der Waals surface area (Å²) in [6, 6.07) is 26.9. The molecule has 0 amide bonds. The molecule has 0 atom stereocenters. The van der Waals surface area contributed by atoms with Crippen molar-refractivity contribution in [2.45, 2.75) is 0 Å². The number of aromatic nitrogens is 4. The average molecular weight is 372 g/mol. The summed E-state index contributed by atoms with van der Waals surface area (Å²) < 4.78 is 0. The second kappa shape index (κ2) is 6.24. The van der Waals surface area contributed by atoms with E-state index < -0.39 is 0 Å². The van der Waals surface area contributed by atoms with Crippen molar-refractivity contribution >= 4 is 32.7 Å². The van der Waals surface area contributed by atoms with Gasteiger partial charge in [-0.1, -0.05) is 48.5 Å². The number of para-hydroxylation sites is 1. The van der Waals surface area contributed by atoms with Crippen LogP contribution < -0.4 is 0 Å². The van der Waals surface area contributed by atoms with Crippen molar-refractivity contribution in [3.63, 3.8) is 0 Å². The summed E-state index contributed by atoms with van der Waals surface area (Å²) in [5, 5.41) is 3.39. The van der Waals surface area contributed by atoms with Gasteiger partial charge in [0.15, 0.2) is 0 Å². The second-order valence-corrected chi connectivity index (χ2v) is 7.06. The van der Waals surface area contributed by atoms with Crippen molar-refractivity contribution in [1.29, 1.82) is 0 Å². The third-order valence-electron chi connectivity index (χ3n) is 5.38. The first kappa shape index (κ1) is 16.0. The van der Waals surface area contributed by atoms with E-state index in [9.17, 15) is 0 Å². The summed E-state index contributed by atoms with van der Waals surface area (Å²) in [6.45, 7) is 0. The number of hydrogen-bond acceptors (Lipinski definition) is 3. The SMILES string of the molecule is c1ccc2nc(-c3ccc4[nH]cnc4c3-c3nccc4ccccc34)ccc2c1. The van der Waals surface area contributed by atoms with E-state index in [0.717, 1.165) is 55.2 Å². The van der Waals surface area contributed by atoms with Gasteiger partial charge in [0.2, 0.25) is 0 Å². The molecule has 0 aliphatic rings. The average Bonchev–Trinajstić information content (AvgIpc) is 3.27. The first-order valence-electron chi connectivity index (χ1n) is 9.55. The molecule has 0 saturated heterocycles. The van der Waals surface area contributed by atoms with Gasteiger partial charge < -0.3 is 4.98 Å². The highest BCUT2D eigenvalue weighted by Crippen LogP contribution is 2.38. The third kappa shape index (κ3) is 2.50. The molecule has 0 bridgehead atoms. The van der Waals surface area contributed by atoms with Crippen LogP contribution in [0.3, 0.4) is 0 Å². The van der Waals surface area contributed by atoms with Gasteiger partial charge in [0, 0.05) is 28.1 Å². The number of pyridine rings is 2. The molecule has 0 radical (unpaired) electrons. The van der Waals surface area contributed by atoms with Crippen LogP contribution in [-0.4, -0.2) is 19.9 Å². The maximum absolute atomic E-state index is 4.94. The van der Waals surface area contributed by atoms with Gasteiger partial charge in [0.05, 0.1) is 34.3 Å². The number of rotatable bonds is 2. The Balaban J connectivity index is 1.71. The number of imidazole rings is 1. The highest BCUT2D eigenvalue weighted by Gasteiger charge is 2.18. The molecule has 0 spiro atoms. The highest BCUT2D eigenvalue weighted by molar-refractivity contribution is 6.07. The van der Waals surface area contributed by atoms with Crippen LogP contribution in [0.25, 0.3) is 55.2 Å². The minimum absolute atomic E-state index is 0.904. The van der Waals surface area contributed by atoms with E-state index in [2.05, 4.69) is 52.4 Å². The van der Waals surface area contributed by atoms with Crippen LogP contribution in [0.1, 0.15) is 0 Å². The molecule has 0 fully saturated rings. The molecule has 4 nitrogen and oxygen atoms in total. The van der Waals surface area contributed by atoms with E-state index in [1.54, 1.807) is 6.33 Å². The van der Waals surface area contributed by atoms with Crippen LogP contribution in [0.5, 0.6) is 0 Å². The molecular formula is C25H16N4. The van der Waals surface area contributed by atoms with Crippen molar-refractivity contribution in [3.05, 3.63) is 91.4 Å². The van der Waals surface area contributed by atoms with E-state index in [1.807, 2.05) is 42.6 Å². The van der Waals surface area contributed by atoms with E-state index in [1.165, 1.54) is 0 Å². The smallest absolute Gasteiger partial charge is 0.0983 e. The molecule has 1 N–H and O–H groups in total. The molecule has 3 aromatic heterocycles. The number of aromatic amines is 1. The van der Waals surface area contributed by atoms with Gasteiger partial charge in [0.25, 0.3) is 0 Å². The van der Waals surface area contributed by atoms with Gasteiger partial charge in [-0.3, -0.25) is 4.98 Å². The molecular weight excluding hydrogens is 356 g/mol. The molecule has 0 unspecified atom stereocenters. The zero-order valence-electron chi connectivity index (χ0n) is 15.5. The lowest BCUT2D eigenvalue weighted by Gasteiger charge is -2.13. The minimum atomic E-state index is 0.904. The van der Waals surface area contributed by atoms with Crippen molar-refractivity contribution in [3.8, 4) is 22.5 Å². The Morgan fingerprint density at radius 1 is 0.690 bits per heavy atom. The predicted octanol–water partition coefficient (Wildman–Crippen LogP) is 5.99. The lowest BCUT2D eigenvalue weighted by atomic mass is 9.95. The molecule has 136 valence electrons. The minimum Gasteiger partial charge on any atom is -0.345 e. The summed E-state index contributed by atoms with van der Waals surface area (Å²) in [4.78, 5) is 17.6. The van der Waals surface area contributed by atoms with Gasteiger partial charge >= 0.3 is 0 Å². The fraction of sp³-hybridized carbons (Fsp3) is 0. The van der Waals surface area contributed by atoms with Gasteiger partial charge in [-0.2, -0.15) is 0 Å². The standard InChI is InChI=1S/C25H16N4/c1-3-7-18-16(5-1)13-14-26-24(18)23-19(10-12-22-25(23)28-15-27-22)21-11-9-17-6-2-4-8-20(17)29-21/h1-15H,(H,27,28). The number of hydrogen-bond donors (Lipinski definition) is 1. The maximum Gasteiger partial charge on any atom is 0.0983 e. The summed E-state index contributed by atoms with van der Waals surface area (Å²) in [6.07, 6.45) is 3.59. The Morgan fingerprint density at radius 2 is 1.55 bits per heavy atom. The van der Waals surface area contributed by atoms with Crippen molar-refractivity contribution in [2.75, 3.05) is 0 Å². The summed E-state index contributed by atoms with van der Waals surface area (Å²) >= 11 is 0. The number of H-pyrrole nitrogens is 1. The highest BCUT2D eigenvalue weighted by atomic mass is 14.9. The van der Waals surface area contributed by atoms with Crippen molar-refractivity contribution < 1.29 is 0 Å². The second-order valence-electron chi connectivity index (χ2n) is 7.06. The number of benzene rings is 3. The molecule has 0 aliphatic heterocycles. The Hall–Kier alpha value is -4.05. The van der Waals surface area contributed by atoms with Crippen LogP contribution >= 0.6 is 0 Å². The lowest BCUT2D eigenvalue weighted by Crippen LogP contribution is -1.94. The summed E-state index contributed by atoms with van der Waals surface area (Å²) in [5.74, 6) is 0. The summed E-state index contributed by atoms with van der Waals surface area (Å²) in [5.41, 5.74) is 6.73. The largest absolute Gasteiger partial charge is 0.345 e. The predicted molar refractivity (Wildman–Crippen MR) is 118 cm³/mol. The molecule has 6 rings (SSSR count). The van der Waals surface area contributed by atoms with E-state index in [4.69, 9.17) is 9.97 Å². The Morgan fingerprint density at radius 3 is 2.52 bits per heavy atom. The van der Waals surface area contributed by atoms with Gasteiger partial charge in [-0.05, 0) is 35.7 Å². The van der Waals surface area contributed by atoms with E-state index in [-0.39, 0.29) is 0 Å². The van der Waals surface area contributed by atoms with Crippen LogP contribution in [0.2, 0.25) is 0 Å². The van der Waals surface area contributed by atoms with Gasteiger partial charge in [0.1, 0.15) is 0 Å². The summed E-state index contributed by atoms with van der Waals surface area (Å²) in [7, 11) is 0. The maximum atomic E-state index is 4.94. The third-order valence-corrected chi connectivity index (χ3v) is 5.38. The van der Waals surface area contributed by atoms with Crippen LogP contribution in [0.4, 0.5) is 0 Å². The fourth-order valence-electron chi connectivity index (χ4n) is 4.00. The zero-order valence-corrected chi connectivity index (χ0v) is 15.5. The number of nitrogens with zero attached hydrogens (tertiary/aromatic N) is 3. The topological polar surface area (TPSA) is 54.5 Å². The molecule has 3 aromatic carbocycles.